The number of hydrogen-bond acceptors (Lipinski definition) is 4. The Morgan fingerprint density at radius 3 is 2.95 bits per heavy atom. The maximum Gasteiger partial charge on any atom is 0.229 e. The van der Waals surface area contributed by atoms with Gasteiger partial charge in [0.15, 0.2) is 0 Å². The lowest BCUT2D eigenvalue weighted by Crippen LogP contribution is -2.22. The molecule has 0 radical (unpaired) electrons. The quantitative estimate of drug-likeness (QED) is 0.914. The van der Waals surface area contributed by atoms with Crippen LogP contribution in [0.4, 0.5) is 5.00 Å². The molecule has 0 bridgehead atoms. The molecule has 4 nitrogen and oxygen atoms in total. The predicted octanol–water partition coefficient (Wildman–Crippen LogP) is 2.45. The lowest BCUT2D eigenvalue weighted by atomic mass is 10.0. The molecule has 2 N–H and O–H groups in total. The van der Waals surface area contributed by atoms with Gasteiger partial charge in [0.2, 0.25) is 5.91 Å². The van der Waals surface area contributed by atoms with Gasteiger partial charge in [0, 0.05) is 11.4 Å². The zero-order valence-corrected chi connectivity index (χ0v) is 12.3. The molecule has 2 heterocycles. The van der Waals surface area contributed by atoms with Gasteiger partial charge in [-0.3, -0.25) is 4.79 Å². The highest BCUT2D eigenvalue weighted by atomic mass is 32.1. The van der Waals surface area contributed by atoms with Gasteiger partial charge in [-0.05, 0) is 24.1 Å². The first-order valence-corrected chi connectivity index (χ1v) is 7.68. The Hall–Kier alpha value is -2.16. The standard InChI is InChI=1S/C16H15N3OS/c17-9-13-12-6-7-18-10-14(12)21-16(13)19-15(20)8-11-4-2-1-3-5-11/h1-5,18H,6-8,10H2,(H,19,20). The van der Waals surface area contributed by atoms with Crippen molar-refractivity contribution in [1.29, 1.82) is 5.26 Å². The summed E-state index contributed by atoms with van der Waals surface area (Å²) < 4.78 is 0. The van der Waals surface area contributed by atoms with Crippen molar-refractivity contribution in [2.24, 2.45) is 0 Å². The molecule has 0 saturated carbocycles. The Bertz CT molecular complexity index is 700. The van der Waals surface area contributed by atoms with Gasteiger partial charge in [0.25, 0.3) is 0 Å². The first kappa shape index (κ1) is 13.8. The molecule has 0 unspecified atom stereocenters. The number of carbonyl (C=O) groups is 1. The molecule has 0 spiro atoms. The van der Waals surface area contributed by atoms with Gasteiger partial charge < -0.3 is 10.6 Å². The highest BCUT2D eigenvalue weighted by molar-refractivity contribution is 7.16. The number of rotatable bonds is 3. The Morgan fingerprint density at radius 2 is 2.19 bits per heavy atom. The van der Waals surface area contributed by atoms with E-state index >= 15 is 0 Å². The largest absolute Gasteiger partial charge is 0.316 e. The van der Waals surface area contributed by atoms with Crippen LogP contribution in [0.15, 0.2) is 30.3 Å². The molecule has 1 aromatic carbocycles. The summed E-state index contributed by atoms with van der Waals surface area (Å²) in [5, 5.41) is 16.2. The fourth-order valence-corrected chi connectivity index (χ4v) is 3.68. The number of hydrogen-bond donors (Lipinski definition) is 2. The molecule has 1 aliphatic heterocycles. The van der Waals surface area contributed by atoms with E-state index in [2.05, 4.69) is 16.7 Å². The van der Waals surface area contributed by atoms with Crippen molar-refractivity contribution < 1.29 is 4.79 Å². The minimum absolute atomic E-state index is 0.0794. The minimum atomic E-state index is -0.0794. The van der Waals surface area contributed by atoms with Crippen LogP contribution in [-0.4, -0.2) is 12.5 Å². The van der Waals surface area contributed by atoms with Crippen molar-refractivity contribution >= 4 is 22.2 Å². The van der Waals surface area contributed by atoms with Gasteiger partial charge in [-0.15, -0.1) is 11.3 Å². The molecular formula is C16H15N3OS. The Labute approximate surface area is 127 Å². The second-order valence-corrected chi connectivity index (χ2v) is 6.06. The highest BCUT2D eigenvalue weighted by Gasteiger charge is 2.21. The molecule has 3 rings (SSSR count). The van der Waals surface area contributed by atoms with Crippen LogP contribution >= 0.6 is 11.3 Å². The molecule has 0 saturated heterocycles. The smallest absolute Gasteiger partial charge is 0.229 e. The van der Waals surface area contributed by atoms with Crippen molar-refractivity contribution in [2.75, 3.05) is 11.9 Å². The Morgan fingerprint density at radius 1 is 1.38 bits per heavy atom. The molecule has 106 valence electrons. The van der Waals surface area contributed by atoms with E-state index in [1.165, 1.54) is 11.3 Å². The molecule has 2 aromatic rings. The van der Waals surface area contributed by atoms with Crippen LogP contribution in [0.25, 0.3) is 0 Å². The SMILES string of the molecule is N#Cc1c(NC(=O)Cc2ccccc2)sc2c1CCNC2. The summed E-state index contributed by atoms with van der Waals surface area (Å²) in [6.07, 6.45) is 1.18. The van der Waals surface area contributed by atoms with Crippen molar-refractivity contribution in [3.8, 4) is 6.07 Å². The number of thiophene rings is 1. The van der Waals surface area contributed by atoms with E-state index in [1.54, 1.807) is 0 Å². The molecule has 0 aliphatic carbocycles. The monoisotopic (exact) mass is 297 g/mol. The number of carbonyl (C=O) groups excluding carboxylic acids is 1. The summed E-state index contributed by atoms with van der Waals surface area (Å²) in [7, 11) is 0. The third-order valence-corrected chi connectivity index (χ3v) is 4.65. The number of nitrogens with zero attached hydrogens (tertiary/aromatic N) is 1. The molecule has 1 aromatic heterocycles. The number of amides is 1. The van der Waals surface area contributed by atoms with Crippen molar-refractivity contribution in [3.63, 3.8) is 0 Å². The van der Waals surface area contributed by atoms with Gasteiger partial charge in [-0.1, -0.05) is 30.3 Å². The molecular weight excluding hydrogens is 282 g/mol. The second kappa shape index (κ2) is 6.08. The number of nitrogens with one attached hydrogen (secondary N) is 2. The molecule has 0 atom stereocenters. The number of nitriles is 1. The number of benzene rings is 1. The molecule has 1 amide bonds. The topological polar surface area (TPSA) is 64.9 Å². The highest BCUT2D eigenvalue weighted by Crippen LogP contribution is 2.34. The predicted molar refractivity (Wildman–Crippen MR) is 83.2 cm³/mol. The molecule has 21 heavy (non-hydrogen) atoms. The lowest BCUT2D eigenvalue weighted by molar-refractivity contribution is -0.115. The van der Waals surface area contributed by atoms with Gasteiger partial charge in [0.05, 0.1) is 12.0 Å². The third kappa shape index (κ3) is 2.97. The van der Waals surface area contributed by atoms with Gasteiger partial charge >= 0.3 is 0 Å². The van der Waals surface area contributed by atoms with Crippen molar-refractivity contribution in [1.82, 2.24) is 5.32 Å². The van der Waals surface area contributed by atoms with Gasteiger partial charge in [-0.25, -0.2) is 0 Å². The summed E-state index contributed by atoms with van der Waals surface area (Å²) in [4.78, 5) is 13.3. The Balaban J connectivity index is 1.77. The maximum atomic E-state index is 12.1. The minimum Gasteiger partial charge on any atom is -0.316 e. The maximum absolute atomic E-state index is 12.1. The van der Waals surface area contributed by atoms with Gasteiger partial charge in [-0.2, -0.15) is 5.26 Å². The summed E-state index contributed by atoms with van der Waals surface area (Å²) in [5.74, 6) is -0.0794. The molecule has 5 heteroatoms. The van der Waals surface area contributed by atoms with E-state index in [4.69, 9.17) is 0 Å². The average Bonchev–Trinajstić information content (AvgIpc) is 2.85. The molecule has 0 fully saturated rings. The molecule has 1 aliphatic rings. The summed E-state index contributed by atoms with van der Waals surface area (Å²) in [6, 6.07) is 11.8. The van der Waals surface area contributed by atoms with Crippen LogP contribution in [0.3, 0.4) is 0 Å². The van der Waals surface area contributed by atoms with E-state index in [-0.39, 0.29) is 5.91 Å². The third-order valence-electron chi connectivity index (χ3n) is 3.50. The number of anilines is 1. The lowest BCUT2D eigenvalue weighted by Gasteiger charge is -2.11. The first-order valence-electron chi connectivity index (χ1n) is 6.87. The average molecular weight is 297 g/mol. The van der Waals surface area contributed by atoms with Gasteiger partial charge in [0.1, 0.15) is 11.1 Å². The normalized spacial score (nSPS) is 13.3. The summed E-state index contributed by atoms with van der Waals surface area (Å²) in [6.45, 7) is 1.67. The van der Waals surface area contributed by atoms with Crippen LogP contribution < -0.4 is 10.6 Å². The fourth-order valence-electron chi connectivity index (χ4n) is 2.49. The van der Waals surface area contributed by atoms with Crippen molar-refractivity contribution in [2.45, 2.75) is 19.4 Å². The van der Waals surface area contributed by atoms with E-state index in [9.17, 15) is 10.1 Å². The van der Waals surface area contributed by atoms with Crippen LogP contribution in [0.2, 0.25) is 0 Å². The van der Waals surface area contributed by atoms with Crippen LogP contribution in [0, 0.1) is 11.3 Å². The number of fused-ring (bicyclic) bond motifs is 1. The van der Waals surface area contributed by atoms with E-state index in [0.717, 1.165) is 35.5 Å². The zero-order chi connectivity index (χ0) is 14.7. The van der Waals surface area contributed by atoms with E-state index < -0.39 is 0 Å². The van der Waals surface area contributed by atoms with Crippen molar-refractivity contribution in [3.05, 3.63) is 51.9 Å². The summed E-state index contributed by atoms with van der Waals surface area (Å²) in [5.41, 5.74) is 2.70. The van der Waals surface area contributed by atoms with Crippen LogP contribution in [0.5, 0.6) is 0 Å². The van der Waals surface area contributed by atoms with E-state index in [1.807, 2.05) is 30.3 Å². The van der Waals surface area contributed by atoms with E-state index in [0.29, 0.717) is 17.0 Å². The van der Waals surface area contributed by atoms with Crippen LogP contribution in [-0.2, 0) is 24.2 Å². The Kier molecular flexibility index (Phi) is 4.00. The fraction of sp³-hybridized carbons (Fsp3) is 0.250. The first-order chi connectivity index (χ1) is 10.3. The van der Waals surface area contributed by atoms with Crippen LogP contribution in [0.1, 0.15) is 21.6 Å². The zero-order valence-electron chi connectivity index (χ0n) is 11.5. The second-order valence-electron chi connectivity index (χ2n) is 4.96. The summed E-state index contributed by atoms with van der Waals surface area (Å²) >= 11 is 1.51.